The van der Waals surface area contributed by atoms with E-state index in [9.17, 15) is 15.2 Å². The van der Waals surface area contributed by atoms with Gasteiger partial charge in [0.1, 0.15) is 13.1 Å². The monoisotopic (exact) mass is 246 g/mol. The molecule has 0 fully saturated rings. The van der Waals surface area contributed by atoms with E-state index in [2.05, 4.69) is 0 Å². The first kappa shape index (κ1) is 13.4. The Morgan fingerprint density at radius 2 is 1.94 bits per heavy atom. The average molecular weight is 246 g/mol. The summed E-state index contributed by atoms with van der Waals surface area (Å²) in [5.41, 5.74) is 0.623. The summed E-state index contributed by atoms with van der Waals surface area (Å²) < 4.78 is 0. The smallest absolute Gasteiger partial charge is 0.269 e. The minimum absolute atomic E-state index is 0.0294. The Morgan fingerprint density at radius 1 is 1.33 bits per heavy atom. The summed E-state index contributed by atoms with van der Waals surface area (Å²) in [6, 6.07) is 7.73. The standard InChI is InChI=1S/C11H10N4O3/c12-3-5-14(6-4-13)11-2-1-10(15(17)18)7-9(11)8-16/h1-2,7,16H,5-6,8H2. The molecule has 7 nitrogen and oxygen atoms in total. The Labute approximate surface area is 103 Å². The van der Waals surface area contributed by atoms with Crippen LogP contribution >= 0.6 is 0 Å². The van der Waals surface area contributed by atoms with Gasteiger partial charge in [-0.15, -0.1) is 0 Å². The largest absolute Gasteiger partial charge is 0.392 e. The van der Waals surface area contributed by atoms with Gasteiger partial charge < -0.3 is 10.0 Å². The highest BCUT2D eigenvalue weighted by atomic mass is 16.6. The van der Waals surface area contributed by atoms with Gasteiger partial charge in [0, 0.05) is 23.4 Å². The molecular formula is C11H10N4O3. The second-order valence-electron chi connectivity index (χ2n) is 3.40. The highest BCUT2D eigenvalue weighted by Gasteiger charge is 2.14. The second-order valence-corrected chi connectivity index (χ2v) is 3.40. The Kier molecular flexibility index (Phi) is 4.61. The van der Waals surface area contributed by atoms with E-state index in [1.807, 2.05) is 12.1 Å². The maximum atomic E-state index is 10.6. The number of hydrogen-bond donors (Lipinski definition) is 1. The first-order valence-corrected chi connectivity index (χ1v) is 5.01. The fraction of sp³-hybridized carbons (Fsp3) is 0.273. The molecule has 0 aliphatic carbocycles. The number of nitro benzene ring substituents is 1. The number of aliphatic hydroxyl groups excluding tert-OH is 1. The normalized spacial score (nSPS) is 9.28. The molecule has 0 radical (unpaired) electrons. The summed E-state index contributed by atoms with van der Waals surface area (Å²) in [6.07, 6.45) is 0. The van der Waals surface area contributed by atoms with Crippen molar-refractivity contribution < 1.29 is 10.0 Å². The third kappa shape index (κ3) is 2.94. The van der Waals surface area contributed by atoms with Crippen molar-refractivity contribution in [1.82, 2.24) is 0 Å². The van der Waals surface area contributed by atoms with Crippen molar-refractivity contribution >= 4 is 11.4 Å². The number of nitriles is 2. The molecular weight excluding hydrogens is 236 g/mol. The van der Waals surface area contributed by atoms with Crippen LogP contribution in [-0.4, -0.2) is 23.1 Å². The number of benzene rings is 1. The van der Waals surface area contributed by atoms with Gasteiger partial charge in [-0.05, 0) is 6.07 Å². The quantitative estimate of drug-likeness (QED) is 0.469. The Balaban J connectivity index is 3.19. The molecule has 0 bridgehead atoms. The van der Waals surface area contributed by atoms with Gasteiger partial charge in [-0.1, -0.05) is 0 Å². The highest BCUT2D eigenvalue weighted by molar-refractivity contribution is 5.58. The fourth-order valence-corrected chi connectivity index (χ4v) is 1.52. The molecule has 7 heteroatoms. The predicted octanol–water partition coefficient (Wildman–Crippen LogP) is 0.941. The van der Waals surface area contributed by atoms with Gasteiger partial charge in [-0.3, -0.25) is 10.1 Å². The van der Waals surface area contributed by atoms with E-state index >= 15 is 0 Å². The first-order chi connectivity index (χ1) is 8.63. The molecule has 0 amide bonds. The van der Waals surface area contributed by atoms with Crippen LogP contribution in [0.25, 0.3) is 0 Å². The number of anilines is 1. The van der Waals surface area contributed by atoms with Gasteiger partial charge in [-0.2, -0.15) is 10.5 Å². The van der Waals surface area contributed by atoms with E-state index in [0.717, 1.165) is 0 Å². The van der Waals surface area contributed by atoms with Crippen molar-refractivity contribution in [3.8, 4) is 12.1 Å². The summed E-state index contributed by atoms with van der Waals surface area (Å²) in [7, 11) is 0. The summed E-state index contributed by atoms with van der Waals surface area (Å²) in [5, 5.41) is 37.1. The third-order valence-corrected chi connectivity index (χ3v) is 2.31. The summed E-state index contributed by atoms with van der Waals surface area (Å²) >= 11 is 0. The van der Waals surface area contributed by atoms with Gasteiger partial charge in [0.05, 0.1) is 23.7 Å². The lowest BCUT2D eigenvalue weighted by atomic mass is 10.1. The van der Waals surface area contributed by atoms with E-state index < -0.39 is 11.5 Å². The van der Waals surface area contributed by atoms with Crippen LogP contribution in [0.5, 0.6) is 0 Å². The molecule has 18 heavy (non-hydrogen) atoms. The van der Waals surface area contributed by atoms with E-state index in [0.29, 0.717) is 11.3 Å². The molecule has 0 aromatic heterocycles. The van der Waals surface area contributed by atoms with Gasteiger partial charge >= 0.3 is 0 Å². The maximum Gasteiger partial charge on any atom is 0.269 e. The molecule has 1 rings (SSSR count). The molecule has 92 valence electrons. The van der Waals surface area contributed by atoms with Crippen LogP contribution in [-0.2, 0) is 6.61 Å². The number of aliphatic hydroxyl groups is 1. The molecule has 0 aliphatic rings. The van der Waals surface area contributed by atoms with Crippen LogP contribution in [0.4, 0.5) is 11.4 Å². The Bertz CT molecular complexity index is 514. The van der Waals surface area contributed by atoms with Crippen molar-refractivity contribution in [3.63, 3.8) is 0 Å². The lowest BCUT2D eigenvalue weighted by molar-refractivity contribution is -0.384. The number of nitrogens with zero attached hydrogens (tertiary/aromatic N) is 4. The molecule has 0 atom stereocenters. The van der Waals surface area contributed by atoms with Crippen LogP contribution in [0.1, 0.15) is 5.56 Å². The lowest BCUT2D eigenvalue weighted by Crippen LogP contribution is -2.25. The van der Waals surface area contributed by atoms with Gasteiger partial charge in [0.15, 0.2) is 0 Å². The van der Waals surface area contributed by atoms with Crippen molar-refractivity contribution in [2.75, 3.05) is 18.0 Å². The molecule has 1 aromatic rings. The number of non-ortho nitro benzene ring substituents is 1. The minimum atomic E-state index is -0.568. The van der Waals surface area contributed by atoms with Crippen molar-refractivity contribution in [3.05, 3.63) is 33.9 Å². The van der Waals surface area contributed by atoms with E-state index in [1.165, 1.54) is 23.1 Å². The van der Waals surface area contributed by atoms with E-state index in [-0.39, 0.29) is 18.8 Å². The molecule has 0 heterocycles. The molecule has 0 saturated heterocycles. The van der Waals surface area contributed by atoms with Crippen LogP contribution in [0.15, 0.2) is 18.2 Å². The maximum absolute atomic E-state index is 10.6. The topological polar surface area (TPSA) is 114 Å². The van der Waals surface area contributed by atoms with E-state index in [1.54, 1.807) is 0 Å². The zero-order valence-electron chi connectivity index (χ0n) is 9.41. The molecule has 0 aliphatic heterocycles. The highest BCUT2D eigenvalue weighted by Crippen LogP contribution is 2.25. The second kappa shape index (κ2) is 6.18. The van der Waals surface area contributed by atoms with Crippen LogP contribution in [0.2, 0.25) is 0 Å². The van der Waals surface area contributed by atoms with Gasteiger partial charge in [0.2, 0.25) is 0 Å². The summed E-state index contributed by atoms with van der Waals surface area (Å²) in [5.74, 6) is 0. The lowest BCUT2D eigenvalue weighted by Gasteiger charge is -2.20. The molecule has 0 unspecified atom stereocenters. The van der Waals surface area contributed by atoms with Crippen LogP contribution < -0.4 is 4.90 Å². The zero-order chi connectivity index (χ0) is 13.5. The van der Waals surface area contributed by atoms with E-state index in [4.69, 9.17) is 10.5 Å². The fourth-order valence-electron chi connectivity index (χ4n) is 1.52. The van der Waals surface area contributed by atoms with Crippen LogP contribution in [0.3, 0.4) is 0 Å². The molecule has 0 spiro atoms. The Hall–Kier alpha value is -2.64. The summed E-state index contributed by atoms with van der Waals surface area (Å²) in [6.45, 7) is -0.457. The predicted molar refractivity (Wildman–Crippen MR) is 62.5 cm³/mol. The number of nitro groups is 1. The SMILES string of the molecule is N#CCN(CC#N)c1ccc([N+](=O)[O-])cc1CO. The van der Waals surface area contributed by atoms with Crippen molar-refractivity contribution in [2.24, 2.45) is 0 Å². The molecule has 1 N–H and O–H groups in total. The molecule has 1 aromatic carbocycles. The third-order valence-electron chi connectivity index (χ3n) is 2.31. The molecule has 0 saturated carbocycles. The average Bonchev–Trinajstić information content (AvgIpc) is 2.37. The van der Waals surface area contributed by atoms with Crippen molar-refractivity contribution in [1.29, 1.82) is 10.5 Å². The van der Waals surface area contributed by atoms with Gasteiger partial charge in [-0.25, -0.2) is 0 Å². The van der Waals surface area contributed by atoms with Crippen LogP contribution in [0, 0.1) is 32.8 Å². The first-order valence-electron chi connectivity index (χ1n) is 5.01. The van der Waals surface area contributed by atoms with Crippen molar-refractivity contribution in [2.45, 2.75) is 6.61 Å². The van der Waals surface area contributed by atoms with Gasteiger partial charge in [0.25, 0.3) is 5.69 Å². The minimum Gasteiger partial charge on any atom is -0.392 e. The zero-order valence-corrected chi connectivity index (χ0v) is 9.41. The number of hydrogen-bond acceptors (Lipinski definition) is 6. The number of rotatable bonds is 5. The Morgan fingerprint density at radius 3 is 2.39 bits per heavy atom. The summed E-state index contributed by atoms with van der Waals surface area (Å²) in [4.78, 5) is 11.5.